The third-order valence-electron chi connectivity index (χ3n) is 8.59. The highest BCUT2D eigenvalue weighted by molar-refractivity contribution is 5.93. The molecule has 1 heterocycles. The topological polar surface area (TPSA) is 80.3 Å². The summed E-state index contributed by atoms with van der Waals surface area (Å²) in [5, 5.41) is 3.25. The Hall–Kier alpha value is -4.25. The van der Waals surface area contributed by atoms with Gasteiger partial charge in [0.1, 0.15) is 0 Å². The lowest BCUT2D eigenvalue weighted by atomic mass is 9.65. The van der Waals surface area contributed by atoms with E-state index in [0.29, 0.717) is 35.0 Å². The van der Waals surface area contributed by atoms with Crippen LogP contribution in [0.4, 0.5) is 23.7 Å². The minimum atomic E-state index is -5.29. The van der Waals surface area contributed by atoms with E-state index in [4.69, 9.17) is 9.47 Å². The quantitative estimate of drug-likeness (QED) is 0.346. The number of hydrogen-bond acceptors (Lipinski definition) is 6. The Morgan fingerprint density at radius 1 is 0.930 bits per heavy atom. The number of likely N-dealkylation sites (N-methyl/N-ethyl adjacent to an activating group) is 1. The molecule has 3 aromatic carbocycles. The first-order valence-electron chi connectivity index (χ1n) is 14.0. The number of anilines is 1. The second kappa shape index (κ2) is 12.2. The lowest BCUT2D eigenvalue weighted by molar-refractivity contribution is -0.199. The van der Waals surface area contributed by atoms with Gasteiger partial charge in [-0.05, 0) is 80.2 Å². The summed E-state index contributed by atoms with van der Waals surface area (Å²) in [6, 6.07) is 20.1. The molecular weight excluding hydrogens is 563 g/mol. The number of amides is 2. The van der Waals surface area contributed by atoms with E-state index in [9.17, 15) is 22.8 Å². The number of carbonyl (C=O) groups is 2. The van der Waals surface area contributed by atoms with E-state index < -0.39 is 18.2 Å². The van der Waals surface area contributed by atoms with Crippen molar-refractivity contribution in [2.75, 3.05) is 32.9 Å². The molecule has 0 bridgehead atoms. The van der Waals surface area contributed by atoms with Crippen molar-refractivity contribution < 1.29 is 37.1 Å². The number of fused-ring (bicyclic) bond motifs is 1. The van der Waals surface area contributed by atoms with E-state index >= 15 is 0 Å². The summed E-state index contributed by atoms with van der Waals surface area (Å²) in [6.45, 7) is 0.848. The van der Waals surface area contributed by atoms with Gasteiger partial charge in [-0.1, -0.05) is 48.5 Å². The molecule has 5 rings (SSSR count). The fourth-order valence-corrected chi connectivity index (χ4v) is 6.42. The Bertz CT molecular complexity index is 1470. The third-order valence-corrected chi connectivity index (χ3v) is 8.59. The minimum Gasteiger partial charge on any atom is -0.493 e. The number of hydrogen-bond donors (Lipinski definition) is 1. The number of rotatable bonds is 6. The number of ether oxygens (including phenoxy) is 2. The van der Waals surface area contributed by atoms with Crippen LogP contribution in [0.3, 0.4) is 0 Å². The molecule has 3 atom stereocenters. The average Bonchev–Trinajstić information content (AvgIpc) is 3.35. The van der Waals surface area contributed by atoms with Crippen LogP contribution in [0.15, 0.2) is 72.8 Å². The van der Waals surface area contributed by atoms with Crippen LogP contribution in [0.25, 0.3) is 11.1 Å². The van der Waals surface area contributed by atoms with Crippen molar-refractivity contribution in [3.05, 3.63) is 78.4 Å². The Labute approximate surface area is 248 Å². The van der Waals surface area contributed by atoms with Crippen LogP contribution < -0.4 is 19.9 Å². The first-order chi connectivity index (χ1) is 20.6. The number of likely N-dealkylation sites (tertiary alicyclic amines) is 1. The number of methoxy groups -OCH3 is 2. The van der Waals surface area contributed by atoms with Crippen molar-refractivity contribution in [1.82, 2.24) is 10.2 Å². The van der Waals surface area contributed by atoms with Gasteiger partial charge in [0, 0.05) is 17.5 Å². The summed E-state index contributed by atoms with van der Waals surface area (Å²) in [5.41, 5.74) is 2.34. The molecule has 1 aliphatic carbocycles. The molecule has 1 N–H and O–H groups in total. The molecule has 1 aliphatic heterocycles. The van der Waals surface area contributed by atoms with Crippen LogP contribution in [0.2, 0.25) is 0 Å². The number of carbonyl (C=O) groups excluding carboxylic acids is 2. The number of hydroxylamine groups is 1. The molecule has 0 unspecified atom stereocenters. The van der Waals surface area contributed by atoms with Gasteiger partial charge in [0.25, 0.3) is 0 Å². The lowest BCUT2D eigenvalue weighted by Crippen LogP contribution is -2.54. The Kier molecular flexibility index (Phi) is 8.55. The van der Waals surface area contributed by atoms with Crippen LogP contribution in [0, 0.1) is 0 Å². The van der Waals surface area contributed by atoms with E-state index in [-0.39, 0.29) is 23.2 Å². The van der Waals surface area contributed by atoms with E-state index in [2.05, 4.69) is 15.1 Å². The Morgan fingerprint density at radius 3 is 2.35 bits per heavy atom. The smallest absolute Gasteiger partial charge is 0.493 e. The van der Waals surface area contributed by atoms with Crippen molar-refractivity contribution in [3.63, 3.8) is 0 Å². The van der Waals surface area contributed by atoms with Crippen molar-refractivity contribution in [2.45, 2.75) is 49.4 Å². The molecule has 11 heteroatoms. The molecule has 43 heavy (non-hydrogen) atoms. The van der Waals surface area contributed by atoms with Gasteiger partial charge >= 0.3 is 18.2 Å². The number of alkyl halides is 3. The summed E-state index contributed by atoms with van der Waals surface area (Å²) in [4.78, 5) is 32.3. The van der Waals surface area contributed by atoms with Crippen LogP contribution in [-0.2, 0) is 15.0 Å². The highest BCUT2D eigenvalue weighted by Gasteiger charge is 2.51. The Balaban J connectivity index is 1.39. The van der Waals surface area contributed by atoms with Crippen molar-refractivity contribution in [1.29, 1.82) is 0 Å². The zero-order valence-electron chi connectivity index (χ0n) is 24.2. The molecule has 2 fully saturated rings. The molecule has 2 amide bonds. The highest BCUT2D eigenvalue weighted by Crippen LogP contribution is 2.50. The SMILES string of the molecule is COc1ccc([C@@]23CC[C@@H](NC(=O)N(OC(=O)C(F)(F)F)c4cccc(-c5ccccc5)c4)C[C@@H]2N(C)CC3)cc1OC. The predicted octanol–water partition coefficient (Wildman–Crippen LogP) is 6.10. The van der Waals surface area contributed by atoms with E-state index in [1.807, 2.05) is 55.6 Å². The summed E-state index contributed by atoms with van der Waals surface area (Å²) in [6.07, 6.45) is -2.51. The van der Waals surface area contributed by atoms with E-state index in [1.165, 1.54) is 12.1 Å². The van der Waals surface area contributed by atoms with Gasteiger partial charge in [-0.25, -0.2) is 9.59 Å². The highest BCUT2D eigenvalue weighted by atomic mass is 19.4. The summed E-state index contributed by atoms with van der Waals surface area (Å²) >= 11 is 0. The van der Waals surface area contributed by atoms with Gasteiger partial charge in [0.2, 0.25) is 0 Å². The second-order valence-corrected chi connectivity index (χ2v) is 11.0. The fraction of sp³-hybridized carbons (Fsp3) is 0.375. The average molecular weight is 598 g/mol. The predicted molar refractivity (Wildman–Crippen MR) is 155 cm³/mol. The summed E-state index contributed by atoms with van der Waals surface area (Å²) in [7, 11) is 5.21. The third kappa shape index (κ3) is 6.13. The molecule has 0 radical (unpaired) electrons. The molecule has 0 spiro atoms. The van der Waals surface area contributed by atoms with Gasteiger partial charge in [0.15, 0.2) is 11.5 Å². The maximum absolute atomic E-state index is 13.5. The van der Waals surface area contributed by atoms with Crippen LogP contribution in [-0.4, -0.2) is 63.0 Å². The molecule has 8 nitrogen and oxygen atoms in total. The molecule has 0 aromatic heterocycles. The van der Waals surface area contributed by atoms with Crippen molar-refractivity contribution in [3.8, 4) is 22.6 Å². The first kappa shape index (κ1) is 30.2. The van der Waals surface area contributed by atoms with E-state index in [1.54, 1.807) is 26.4 Å². The van der Waals surface area contributed by atoms with Crippen LogP contribution in [0.5, 0.6) is 11.5 Å². The molecule has 2 aliphatic rings. The second-order valence-electron chi connectivity index (χ2n) is 11.0. The monoisotopic (exact) mass is 597 g/mol. The Morgan fingerprint density at radius 2 is 1.65 bits per heavy atom. The van der Waals surface area contributed by atoms with Crippen molar-refractivity contribution >= 4 is 17.7 Å². The molecule has 1 saturated heterocycles. The zero-order chi connectivity index (χ0) is 30.8. The molecule has 3 aromatic rings. The van der Waals surface area contributed by atoms with Crippen LogP contribution >= 0.6 is 0 Å². The standard InChI is InChI=1S/C32H34F3N3O5/c1-37-17-16-31(23-12-13-26(41-2)27(19-23)42-3)15-14-24(20-28(31)37)36-30(40)38(43-29(39)32(33,34)35)25-11-7-10-22(18-25)21-8-5-4-6-9-21/h4-13,18-19,24,28H,14-17,20H2,1-3H3,(H,36,40)/t24-,28+,31+/m1/s1. The number of halogens is 3. The normalized spacial score (nSPS) is 21.9. The summed E-state index contributed by atoms with van der Waals surface area (Å²) < 4.78 is 50.7. The van der Waals surface area contributed by atoms with Gasteiger partial charge in [-0.2, -0.15) is 13.2 Å². The number of nitrogens with zero attached hydrogens (tertiary/aromatic N) is 2. The lowest BCUT2D eigenvalue weighted by Gasteiger charge is -2.45. The van der Waals surface area contributed by atoms with E-state index in [0.717, 1.165) is 30.5 Å². The van der Waals surface area contributed by atoms with Gasteiger partial charge in [-0.15, -0.1) is 5.06 Å². The maximum Gasteiger partial charge on any atom is 0.493 e. The molecular formula is C32H34F3N3O5. The molecule has 1 saturated carbocycles. The number of urea groups is 1. The fourth-order valence-electron chi connectivity index (χ4n) is 6.42. The summed E-state index contributed by atoms with van der Waals surface area (Å²) in [5.74, 6) is -1.21. The maximum atomic E-state index is 13.5. The number of nitrogens with one attached hydrogen (secondary N) is 1. The van der Waals surface area contributed by atoms with Gasteiger partial charge < -0.3 is 24.5 Å². The minimum absolute atomic E-state index is 0.00933. The first-order valence-corrected chi connectivity index (χ1v) is 14.0. The largest absolute Gasteiger partial charge is 0.493 e. The van der Waals surface area contributed by atoms with Gasteiger partial charge in [-0.3, -0.25) is 0 Å². The zero-order valence-corrected chi connectivity index (χ0v) is 24.2. The van der Waals surface area contributed by atoms with Gasteiger partial charge in [0.05, 0.1) is 19.9 Å². The van der Waals surface area contributed by atoms with Crippen LogP contribution in [0.1, 0.15) is 31.2 Å². The number of benzene rings is 3. The molecule has 228 valence electrons. The van der Waals surface area contributed by atoms with Crippen molar-refractivity contribution in [2.24, 2.45) is 0 Å².